The Balaban J connectivity index is 1.99. The van der Waals surface area contributed by atoms with Crippen molar-refractivity contribution in [3.8, 4) is 11.1 Å². The molecular weight excluding hydrogens is 298 g/mol. The molecule has 0 fully saturated rings. The van der Waals surface area contributed by atoms with E-state index < -0.39 is 0 Å². The molecule has 0 radical (unpaired) electrons. The summed E-state index contributed by atoms with van der Waals surface area (Å²) in [5, 5.41) is 0. The van der Waals surface area contributed by atoms with Crippen molar-refractivity contribution < 1.29 is 9.53 Å². The maximum absolute atomic E-state index is 11.7. The van der Waals surface area contributed by atoms with E-state index in [0.29, 0.717) is 19.4 Å². The number of carbonyl (C=O) groups is 1. The fourth-order valence-electron chi connectivity index (χ4n) is 2.71. The minimum absolute atomic E-state index is 0.202. The lowest BCUT2D eigenvalue weighted by Crippen LogP contribution is -2.20. The lowest BCUT2D eigenvalue weighted by atomic mass is 9.95. The minimum atomic E-state index is -0.243. The first-order chi connectivity index (χ1) is 11.6. The summed E-state index contributed by atoms with van der Waals surface area (Å²) in [6.07, 6.45) is 1.19. The zero-order valence-corrected chi connectivity index (χ0v) is 14.2. The van der Waals surface area contributed by atoms with Gasteiger partial charge in [0.1, 0.15) is 0 Å². The molecule has 0 saturated carbocycles. The van der Waals surface area contributed by atoms with Crippen LogP contribution in [-0.4, -0.2) is 18.6 Å². The van der Waals surface area contributed by atoms with Gasteiger partial charge in [0.25, 0.3) is 0 Å². The van der Waals surface area contributed by atoms with Crippen LogP contribution in [0.4, 0.5) is 0 Å². The molecule has 3 nitrogen and oxygen atoms in total. The Bertz CT molecular complexity index is 686. The van der Waals surface area contributed by atoms with E-state index in [1.807, 2.05) is 25.1 Å². The topological polar surface area (TPSA) is 30.7 Å². The van der Waals surface area contributed by atoms with Crippen LogP contribution in [-0.2, 0) is 16.0 Å². The molecule has 0 amide bonds. The van der Waals surface area contributed by atoms with Crippen LogP contribution in [0, 0.1) is 12.5 Å². The van der Waals surface area contributed by atoms with Crippen molar-refractivity contribution in [2.45, 2.75) is 32.7 Å². The molecule has 0 saturated heterocycles. The van der Waals surface area contributed by atoms with Crippen molar-refractivity contribution in [3.05, 3.63) is 71.6 Å². The molecule has 0 spiro atoms. The number of hydrogen-bond acceptors (Lipinski definition) is 2. The summed E-state index contributed by atoms with van der Waals surface area (Å²) >= 11 is 0. The molecule has 2 rings (SSSR count). The van der Waals surface area contributed by atoms with E-state index in [1.165, 1.54) is 11.1 Å². The van der Waals surface area contributed by atoms with E-state index in [2.05, 4.69) is 41.2 Å². The number of benzene rings is 2. The van der Waals surface area contributed by atoms with Crippen LogP contribution in [0.2, 0.25) is 0 Å². The zero-order valence-electron chi connectivity index (χ0n) is 14.2. The van der Waals surface area contributed by atoms with Crippen molar-refractivity contribution in [3.63, 3.8) is 0 Å². The van der Waals surface area contributed by atoms with Crippen LogP contribution < -0.4 is 0 Å². The smallest absolute Gasteiger partial charge is 0.308 e. The van der Waals surface area contributed by atoms with E-state index in [-0.39, 0.29) is 17.9 Å². The summed E-state index contributed by atoms with van der Waals surface area (Å²) in [5.74, 6) is -0.460. The first-order valence-corrected chi connectivity index (χ1v) is 8.31. The maximum atomic E-state index is 11.7. The van der Waals surface area contributed by atoms with Gasteiger partial charge in [-0.25, -0.2) is 6.57 Å². The number of ether oxygens (including phenoxy) is 1. The van der Waals surface area contributed by atoms with E-state index in [4.69, 9.17) is 11.3 Å². The second-order valence-corrected chi connectivity index (χ2v) is 5.94. The third-order valence-electron chi connectivity index (χ3n) is 4.03. The van der Waals surface area contributed by atoms with Crippen molar-refractivity contribution in [1.82, 2.24) is 0 Å². The molecule has 24 heavy (non-hydrogen) atoms. The zero-order chi connectivity index (χ0) is 17.4. The molecule has 2 aromatic carbocycles. The fraction of sp³-hybridized carbons (Fsp3) is 0.333. The largest absolute Gasteiger partial charge is 0.466 e. The second kappa shape index (κ2) is 8.88. The Labute approximate surface area is 144 Å². The Hall–Kier alpha value is -2.60. The lowest BCUT2D eigenvalue weighted by molar-refractivity contribution is -0.147. The molecule has 0 aromatic heterocycles. The van der Waals surface area contributed by atoms with Crippen molar-refractivity contribution >= 4 is 5.97 Å². The Morgan fingerprint density at radius 3 is 2.29 bits per heavy atom. The van der Waals surface area contributed by atoms with Gasteiger partial charge in [-0.15, -0.1) is 0 Å². The van der Waals surface area contributed by atoms with Crippen molar-refractivity contribution in [2.75, 3.05) is 6.61 Å². The number of carbonyl (C=O) groups excluding carboxylic acids is 1. The highest BCUT2D eigenvalue weighted by Crippen LogP contribution is 2.21. The predicted octanol–water partition coefficient (Wildman–Crippen LogP) is 4.77. The summed E-state index contributed by atoms with van der Waals surface area (Å²) in [5.41, 5.74) is 3.46. The van der Waals surface area contributed by atoms with E-state index in [9.17, 15) is 4.79 Å². The lowest BCUT2D eigenvalue weighted by Gasteiger charge is -2.12. The highest BCUT2D eigenvalue weighted by Gasteiger charge is 2.23. The number of esters is 1. The highest BCUT2D eigenvalue weighted by molar-refractivity contribution is 5.72. The van der Waals surface area contributed by atoms with Gasteiger partial charge in [-0.3, -0.25) is 4.79 Å². The molecule has 0 aliphatic carbocycles. The summed E-state index contributed by atoms with van der Waals surface area (Å²) in [4.78, 5) is 15.4. The van der Waals surface area contributed by atoms with Gasteiger partial charge in [0.05, 0.1) is 12.5 Å². The average Bonchev–Trinajstić information content (AvgIpc) is 2.62. The van der Waals surface area contributed by atoms with Gasteiger partial charge in [0.15, 0.2) is 0 Å². The first kappa shape index (κ1) is 17.7. The predicted molar refractivity (Wildman–Crippen MR) is 96.4 cm³/mol. The van der Waals surface area contributed by atoms with Gasteiger partial charge in [-0.2, -0.15) is 0 Å². The Kier molecular flexibility index (Phi) is 6.57. The van der Waals surface area contributed by atoms with Gasteiger partial charge < -0.3 is 9.58 Å². The first-order valence-electron chi connectivity index (χ1n) is 8.31. The quantitative estimate of drug-likeness (QED) is 0.543. The molecule has 2 aromatic rings. The molecule has 124 valence electrons. The van der Waals surface area contributed by atoms with Crippen LogP contribution in [0.15, 0.2) is 54.6 Å². The molecule has 0 aliphatic rings. The van der Waals surface area contributed by atoms with Crippen LogP contribution in [0.1, 0.15) is 25.8 Å². The molecule has 0 bridgehead atoms. The molecule has 2 atom stereocenters. The van der Waals surface area contributed by atoms with Gasteiger partial charge in [-0.1, -0.05) is 61.5 Å². The van der Waals surface area contributed by atoms with E-state index in [0.717, 1.165) is 5.56 Å². The maximum Gasteiger partial charge on any atom is 0.308 e. The molecule has 2 unspecified atom stereocenters. The van der Waals surface area contributed by atoms with Gasteiger partial charge in [0, 0.05) is 12.8 Å². The number of hydrogen-bond donors (Lipinski definition) is 0. The van der Waals surface area contributed by atoms with Crippen molar-refractivity contribution in [1.29, 1.82) is 0 Å². The molecular formula is C21H23NO2. The molecule has 3 heteroatoms. The third-order valence-corrected chi connectivity index (χ3v) is 4.03. The van der Waals surface area contributed by atoms with Crippen LogP contribution in [0.5, 0.6) is 0 Å². The minimum Gasteiger partial charge on any atom is -0.466 e. The van der Waals surface area contributed by atoms with Gasteiger partial charge in [-0.05, 0) is 23.6 Å². The molecule has 0 heterocycles. The summed E-state index contributed by atoms with van der Waals surface area (Å²) in [6.45, 7) is 11.4. The van der Waals surface area contributed by atoms with Crippen LogP contribution in [0.3, 0.4) is 0 Å². The summed E-state index contributed by atoms with van der Waals surface area (Å²) in [7, 11) is 0. The summed E-state index contributed by atoms with van der Waals surface area (Å²) in [6, 6.07) is 18.3. The number of rotatable bonds is 7. The van der Waals surface area contributed by atoms with Crippen molar-refractivity contribution in [2.24, 2.45) is 5.92 Å². The molecule has 0 N–H and O–H groups in total. The van der Waals surface area contributed by atoms with Gasteiger partial charge in [0.2, 0.25) is 6.04 Å². The van der Waals surface area contributed by atoms with E-state index >= 15 is 0 Å². The monoisotopic (exact) mass is 321 g/mol. The highest BCUT2D eigenvalue weighted by atomic mass is 16.5. The SMILES string of the molecule is [C-]#[N+]C(Cc1ccc(-c2ccccc2)cc1)CC(C)C(=O)OCC. The fourth-order valence-corrected chi connectivity index (χ4v) is 2.71. The average molecular weight is 321 g/mol. The molecule has 0 aliphatic heterocycles. The Morgan fingerprint density at radius 2 is 1.71 bits per heavy atom. The standard InChI is InChI=1S/C21H23NO2/c1-4-24-21(23)16(2)14-20(22-3)15-17-10-12-19(13-11-17)18-8-6-5-7-9-18/h5-13,16,20H,4,14-15H2,1-2H3. The Morgan fingerprint density at radius 1 is 1.08 bits per heavy atom. The van der Waals surface area contributed by atoms with Crippen LogP contribution in [0.25, 0.3) is 16.0 Å². The normalized spacial score (nSPS) is 12.9. The number of nitrogens with zero attached hydrogens (tertiary/aromatic N) is 1. The van der Waals surface area contributed by atoms with Gasteiger partial charge >= 0.3 is 5.97 Å². The van der Waals surface area contributed by atoms with E-state index in [1.54, 1.807) is 6.92 Å². The second-order valence-electron chi connectivity index (χ2n) is 5.94. The van der Waals surface area contributed by atoms with Crippen LogP contribution >= 0.6 is 0 Å². The summed E-state index contributed by atoms with van der Waals surface area (Å²) < 4.78 is 5.02. The third kappa shape index (κ3) is 4.96.